The first kappa shape index (κ1) is 12.3. The van der Waals surface area contributed by atoms with Crippen LogP contribution in [0.25, 0.3) is 21.9 Å². The first-order valence-corrected chi connectivity index (χ1v) is 6.16. The molecule has 0 aliphatic heterocycles. The fourth-order valence-electron chi connectivity index (χ4n) is 2.17. The van der Waals surface area contributed by atoms with E-state index in [-0.39, 0.29) is 5.97 Å². The third-order valence-corrected chi connectivity index (χ3v) is 3.18. The summed E-state index contributed by atoms with van der Waals surface area (Å²) in [5.41, 5.74) is 2.22. The van der Waals surface area contributed by atoms with Crippen LogP contribution in [0.2, 0.25) is 0 Å². The number of pyridine rings is 2. The molecule has 20 heavy (non-hydrogen) atoms. The summed E-state index contributed by atoms with van der Waals surface area (Å²) < 4.78 is 4.80. The predicted molar refractivity (Wildman–Crippen MR) is 76.3 cm³/mol. The Balaban J connectivity index is 2.18. The maximum atomic E-state index is 11.8. The van der Waals surface area contributed by atoms with Gasteiger partial charge in [-0.15, -0.1) is 0 Å². The second kappa shape index (κ2) is 5.09. The number of ether oxygens (including phenoxy) is 1. The number of carbonyl (C=O) groups is 1. The molecular formula is C16H12N2O2. The molecule has 4 nitrogen and oxygen atoms in total. The van der Waals surface area contributed by atoms with Gasteiger partial charge in [-0.05, 0) is 34.7 Å². The van der Waals surface area contributed by atoms with Crippen LogP contribution >= 0.6 is 0 Å². The molecular weight excluding hydrogens is 252 g/mol. The number of esters is 1. The van der Waals surface area contributed by atoms with Gasteiger partial charge in [-0.1, -0.05) is 12.1 Å². The number of fused-ring (bicyclic) bond motifs is 1. The number of benzene rings is 1. The van der Waals surface area contributed by atoms with Crippen molar-refractivity contribution in [2.45, 2.75) is 0 Å². The third-order valence-electron chi connectivity index (χ3n) is 3.18. The molecule has 3 rings (SSSR count). The van der Waals surface area contributed by atoms with Gasteiger partial charge in [-0.3, -0.25) is 9.97 Å². The number of hydrogen-bond acceptors (Lipinski definition) is 4. The van der Waals surface area contributed by atoms with Gasteiger partial charge in [-0.25, -0.2) is 4.79 Å². The highest BCUT2D eigenvalue weighted by Crippen LogP contribution is 2.26. The lowest BCUT2D eigenvalue weighted by Gasteiger charge is -2.08. The number of hydrogen-bond donors (Lipinski definition) is 0. The summed E-state index contributed by atoms with van der Waals surface area (Å²) in [5, 5.41) is 2.13. The van der Waals surface area contributed by atoms with E-state index in [0.29, 0.717) is 5.56 Å². The first-order chi connectivity index (χ1) is 9.79. The standard InChI is InChI=1S/C16H12N2O2/c1-20-16(19)15-10-18-7-5-14(15)12-2-3-13-9-17-6-4-11(13)8-12/h2-10H,1H3. The molecule has 3 aromatic rings. The quantitative estimate of drug-likeness (QED) is 0.667. The molecule has 2 heterocycles. The van der Waals surface area contributed by atoms with Crippen molar-refractivity contribution in [3.8, 4) is 11.1 Å². The molecule has 0 spiro atoms. The van der Waals surface area contributed by atoms with Crippen LogP contribution in [0.15, 0.2) is 55.1 Å². The average Bonchev–Trinajstić information content (AvgIpc) is 2.53. The van der Waals surface area contributed by atoms with Crippen molar-refractivity contribution in [2.75, 3.05) is 7.11 Å². The predicted octanol–water partition coefficient (Wildman–Crippen LogP) is 3.08. The molecule has 2 aromatic heterocycles. The second-order valence-electron chi connectivity index (χ2n) is 4.35. The minimum absolute atomic E-state index is 0.386. The van der Waals surface area contributed by atoms with Crippen LogP contribution < -0.4 is 0 Å². The number of nitrogens with zero attached hydrogens (tertiary/aromatic N) is 2. The van der Waals surface area contributed by atoms with E-state index < -0.39 is 0 Å². The third kappa shape index (κ3) is 2.12. The smallest absolute Gasteiger partial charge is 0.340 e. The number of rotatable bonds is 2. The largest absolute Gasteiger partial charge is 0.465 e. The molecule has 98 valence electrons. The van der Waals surface area contributed by atoms with Crippen LogP contribution in [-0.4, -0.2) is 23.0 Å². The Labute approximate surface area is 116 Å². The lowest BCUT2D eigenvalue weighted by molar-refractivity contribution is 0.0601. The van der Waals surface area contributed by atoms with Crippen molar-refractivity contribution in [1.82, 2.24) is 9.97 Å². The molecule has 0 saturated carbocycles. The van der Waals surface area contributed by atoms with Crippen LogP contribution in [0.4, 0.5) is 0 Å². The van der Waals surface area contributed by atoms with E-state index in [0.717, 1.165) is 21.9 Å². The highest BCUT2D eigenvalue weighted by Gasteiger charge is 2.13. The minimum Gasteiger partial charge on any atom is -0.465 e. The van der Waals surface area contributed by atoms with Gasteiger partial charge >= 0.3 is 5.97 Å². The average molecular weight is 264 g/mol. The van der Waals surface area contributed by atoms with Crippen molar-refractivity contribution >= 4 is 16.7 Å². The van der Waals surface area contributed by atoms with E-state index in [1.165, 1.54) is 13.3 Å². The van der Waals surface area contributed by atoms with Crippen molar-refractivity contribution in [3.05, 3.63) is 60.7 Å². The lowest BCUT2D eigenvalue weighted by atomic mass is 9.99. The second-order valence-corrected chi connectivity index (χ2v) is 4.35. The summed E-state index contributed by atoms with van der Waals surface area (Å²) in [4.78, 5) is 19.9. The van der Waals surface area contributed by atoms with Gasteiger partial charge in [0.05, 0.1) is 12.7 Å². The zero-order valence-corrected chi connectivity index (χ0v) is 10.9. The Kier molecular flexibility index (Phi) is 3.13. The molecule has 0 aliphatic carbocycles. The maximum Gasteiger partial charge on any atom is 0.340 e. The highest BCUT2D eigenvalue weighted by molar-refractivity contribution is 5.98. The van der Waals surface area contributed by atoms with E-state index in [1.54, 1.807) is 12.4 Å². The van der Waals surface area contributed by atoms with Gasteiger partial charge in [0.15, 0.2) is 0 Å². The lowest BCUT2D eigenvalue weighted by Crippen LogP contribution is -2.04. The summed E-state index contributed by atoms with van der Waals surface area (Å²) in [6, 6.07) is 9.73. The summed E-state index contributed by atoms with van der Waals surface area (Å²) in [5.74, 6) is -0.386. The van der Waals surface area contributed by atoms with Crippen molar-refractivity contribution < 1.29 is 9.53 Å². The maximum absolute atomic E-state index is 11.8. The monoisotopic (exact) mass is 264 g/mol. The van der Waals surface area contributed by atoms with Crippen LogP contribution in [-0.2, 0) is 4.74 Å². The van der Waals surface area contributed by atoms with Crippen LogP contribution in [0.3, 0.4) is 0 Å². The Morgan fingerprint density at radius 2 is 1.80 bits per heavy atom. The van der Waals surface area contributed by atoms with Crippen LogP contribution in [0.1, 0.15) is 10.4 Å². The van der Waals surface area contributed by atoms with Gasteiger partial charge in [0.25, 0.3) is 0 Å². The van der Waals surface area contributed by atoms with E-state index in [4.69, 9.17) is 4.74 Å². The summed E-state index contributed by atoms with van der Waals surface area (Å²) in [7, 11) is 1.37. The molecule has 0 atom stereocenters. The molecule has 0 fully saturated rings. The van der Waals surface area contributed by atoms with Crippen LogP contribution in [0, 0.1) is 0 Å². The first-order valence-electron chi connectivity index (χ1n) is 6.16. The zero-order chi connectivity index (χ0) is 13.9. The summed E-state index contributed by atoms with van der Waals surface area (Å²) in [6.07, 6.45) is 6.75. The zero-order valence-electron chi connectivity index (χ0n) is 10.9. The normalized spacial score (nSPS) is 10.4. The fraction of sp³-hybridized carbons (Fsp3) is 0.0625. The Hall–Kier alpha value is -2.75. The highest BCUT2D eigenvalue weighted by atomic mass is 16.5. The molecule has 0 saturated heterocycles. The van der Waals surface area contributed by atoms with Crippen molar-refractivity contribution in [2.24, 2.45) is 0 Å². The molecule has 1 aromatic carbocycles. The van der Waals surface area contributed by atoms with Gasteiger partial charge in [-0.2, -0.15) is 0 Å². The number of methoxy groups -OCH3 is 1. The Morgan fingerprint density at radius 1 is 1.00 bits per heavy atom. The summed E-state index contributed by atoms with van der Waals surface area (Å²) >= 11 is 0. The number of aromatic nitrogens is 2. The van der Waals surface area contributed by atoms with E-state index in [2.05, 4.69) is 9.97 Å². The van der Waals surface area contributed by atoms with E-state index in [9.17, 15) is 4.79 Å². The van der Waals surface area contributed by atoms with Crippen LogP contribution in [0.5, 0.6) is 0 Å². The van der Waals surface area contributed by atoms with Gasteiger partial charge < -0.3 is 4.74 Å². The van der Waals surface area contributed by atoms with Gasteiger partial charge in [0.1, 0.15) is 0 Å². The van der Waals surface area contributed by atoms with Crippen molar-refractivity contribution in [3.63, 3.8) is 0 Å². The molecule has 0 aliphatic rings. The SMILES string of the molecule is COC(=O)c1cnccc1-c1ccc2cnccc2c1. The van der Waals surface area contributed by atoms with Gasteiger partial charge in [0.2, 0.25) is 0 Å². The summed E-state index contributed by atoms with van der Waals surface area (Å²) in [6.45, 7) is 0. The molecule has 4 heteroatoms. The Bertz CT molecular complexity index is 784. The molecule has 0 N–H and O–H groups in total. The van der Waals surface area contributed by atoms with E-state index in [1.807, 2.05) is 36.5 Å². The molecule has 0 bridgehead atoms. The van der Waals surface area contributed by atoms with Crippen molar-refractivity contribution in [1.29, 1.82) is 0 Å². The van der Waals surface area contributed by atoms with Gasteiger partial charge in [0, 0.05) is 30.2 Å². The Morgan fingerprint density at radius 3 is 2.65 bits per heavy atom. The topological polar surface area (TPSA) is 52.1 Å². The van der Waals surface area contributed by atoms with E-state index >= 15 is 0 Å². The fourth-order valence-corrected chi connectivity index (χ4v) is 2.17. The molecule has 0 radical (unpaired) electrons. The number of carbonyl (C=O) groups excluding carboxylic acids is 1. The minimum atomic E-state index is -0.386. The molecule has 0 amide bonds. The molecule has 0 unspecified atom stereocenters.